The summed E-state index contributed by atoms with van der Waals surface area (Å²) in [4.78, 5) is 4.93. The maximum Gasteiger partial charge on any atom is 0.161 e. The molecule has 28 heavy (non-hydrogen) atoms. The lowest BCUT2D eigenvalue weighted by atomic mass is 9.88. The molecule has 1 saturated carbocycles. The van der Waals surface area contributed by atoms with Gasteiger partial charge in [0, 0.05) is 5.92 Å². The Bertz CT molecular complexity index is 915. The highest BCUT2D eigenvalue weighted by molar-refractivity contribution is 5.76. The van der Waals surface area contributed by atoms with Crippen molar-refractivity contribution >= 4 is 11.0 Å². The number of benzene rings is 2. The van der Waals surface area contributed by atoms with Crippen molar-refractivity contribution in [3.63, 3.8) is 0 Å². The summed E-state index contributed by atoms with van der Waals surface area (Å²) in [6, 6.07) is 15.7. The summed E-state index contributed by atoms with van der Waals surface area (Å²) in [5.41, 5.74) is 2.08. The molecule has 1 heterocycles. The molecule has 1 aliphatic rings. The van der Waals surface area contributed by atoms with Gasteiger partial charge in [-0.15, -0.1) is 0 Å². The maximum absolute atomic E-state index is 10.7. The predicted octanol–water partition coefficient (Wildman–Crippen LogP) is 4.53. The zero-order valence-electron chi connectivity index (χ0n) is 16.4. The molecule has 1 fully saturated rings. The van der Waals surface area contributed by atoms with Crippen LogP contribution < -0.4 is 9.47 Å². The second-order valence-corrected chi connectivity index (χ2v) is 7.52. The van der Waals surface area contributed by atoms with Crippen molar-refractivity contribution in [3.05, 3.63) is 54.4 Å². The van der Waals surface area contributed by atoms with Crippen molar-refractivity contribution in [2.45, 2.75) is 50.7 Å². The number of aliphatic hydroxyl groups is 1. The number of para-hydroxylation sites is 4. The quantitative estimate of drug-likeness (QED) is 0.654. The summed E-state index contributed by atoms with van der Waals surface area (Å²) in [7, 11) is 1.62. The molecule has 0 unspecified atom stereocenters. The molecule has 1 aliphatic carbocycles. The molecule has 5 nitrogen and oxygen atoms in total. The third-order valence-corrected chi connectivity index (χ3v) is 5.55. The van der Waals surface area contributed by atoms with E-state index < -0.39 is 6.10 Å². The van der Waals surface area contributed by atoms with Crippen LogP contribution in [0.4, 0.5) is 0 Å². The minimum absolute atomic E-state index is 0.205. The van der Waals surface area contributed by atoms with Crippen molar-refractivity contribution in [1.29, 1.82) is 0 Å². The van der Waals surface area contributed by atoms with Crippen LogP contribution in [0, 0.1) is 0 Å². The fourth-order valence-electron chi connectivity index (χ4n) is 4.15. The lowest BCUT2D eigenvalue weighted by Crippen LogP contribution is -2.25. The fraction of sp³-hybridized carbons (Fsp3) is 0.435. The standard InChI is InChI=1S/C23H28N2O3/c1-27-21-13-7-8-14-22(21)28-16-18(26)15-25-20-12-6-5-11-19(20)24-23(25)17-9-3-2-4-10-17/h5-8,11-14,17-18,26H,2-4,9-10,15-16H2,1H3/t18-/m0/s1. The smallest absolute Gasteiger partial charge is 0.161 e. The van der Waals surface area contributed by atoms with E-state index >= 15 is 0 Å². The van der Waals surface area contributed by atoms with E-state index in [0.29, 0.717) is 24.0 Å². The average Bonchev–Trinajstić information content (AvgIpc) is 3.11. The third kappa shape index (κ3) is 3.99. The molecular formula is C23H28N2O3. The number of hydrogen-bond donors (Lipinski definition) is 1. The Morgan fingerprint density at radius 2 is 1.75 bits per heavy atom. The molecule has 0 bridgehead atoms. The molecule has 5 heteroatoms. The van der Waals surface area contributed by atoms with Gasteiger partial charge in [-0.2, -0.15) is 0 Å². The Balaban J connectivity index is 1.53. The Morgan fingerprint density at radius 1 is 1.04 bits per heavy atom. The van der Waals surface area contributed by atoms with E-state index in [2.05, 4.69) is 16.7 Å². The van der Waals surface area contributed by atoms with Crippen LogP contribution in [0.3, 0.4) is 0 Å². The molecule has 0 spiro atoms. The van der Waals surface area contributed by atoms with Crippen LogP contribution in [0.15, 0.2) is 48.5 Å². The van der Waals surface area contributed by atoms with E-state index in [4.69, 9.17) is 14.5 Å². The zero-order chi connectivity index (χ0) is 19.3. The van der Waals surface area contributed by atoms with E-state index in [1.807, 2.05) is 36.4 Å². The summed E-state index contributed by atoms with van der Waals surface area (Å²) >= 11 is 0. The number of imidazole rings is 1. The highest BCUT2D eigenvalue weighted by atomic mass is 16.5. The SMILES string of the molecule is COc1ccccc1OC[C@@H](O)Cn1c(C2CCCCC2)nc2ccccc21. The molecule has 1 aromatic heterocycles. The molecule has 0 amide bonds. The Kier molecular flexibility index (Phi) is 5.81. The first-order valence-corrected chi connectivity index (χ1v) is 10.2. The Hall–Kier alpha value is -2.53. The van der Waals surface area contributed by atoms with E-state index in [1.165, 1.54) is 32.1 Å². The molecule has 0 radical (unpaired) electrons. The Morgan fingerprint density at radius 3 is 2.54 bits per heavy atom. The number of hydrogen-bond acceptors (Lipinski definition) is 4. The van der Waals surface area contributed by atoms with Gasteiger partial charge in [-0.1, -0.05) is 43.5 Å². The first-order chi connectivity index (χ1) is 13.8. The first kappa shape index (κ1) is 18.8. The van der Waals surface area contributed by atoms with E-state index in [1.54, 1.807) is 7.11 Å². The average molecular weight is 380 g/mol. The van der Waals surface area contributed by atoms with Crippen molar-refractivity contribution < 1.29 is 14.6 Å². The van der Waals surface area contributed by atoms with Crippen LogP contribution in [0.5, 0.6) is 11.5 Å². The predicted molar refractivity (Wildman–Crippen MR) is 110 cm³/mol. The van der Waals surface area contributed by atoms with E-state index in [9.17, 15) is 5.11 Å². The summed E-state index contributed by atoms with van der Waals surface area (Å²) < 4.78 is 13.3. The van der Waals surface area contributed by atoms with Crippen LogP contribution >= 0.6 is 0 Å². The summed E-state index contributed by atoms with van der Waals surface area (Å²) in [5, 5.41) is 10.7. The van der Waals surface area contributed by atoms with Gasteiger partial charge in [0.25, 0.3) is 0 Å². The van der Waals surface area contributed by atoms with Crippen LogP contribution in [0.25, 0.3) is 11.0 Å². The fourth-order valence-corrected chi connectivity index (χ4v) is 4.15. The third-order valence-electron chi connectivity index (χ3n) is 5.55. The summed E-state index contributed by atoms with van der Waals surface area (Å²) in [6.07, 6.45) is 5.55. The van der Waals surface area contributed by atoms with Crippen molar-refractivity contribution in [3.8, 4) is 11.5 Å². The molecule has 1 N–H and O–H groups in total. The number of fused-ring (bicyclic) bond motifs is 1. The second-order valence-electron chi connectivity index (χ2n) is 7.52. The van der Waals surface area contributed by atoms with Crippen LogP contribution in [-0.2, 0) is 6.54 Å². The molecular weight excluding hydrogens is 352 g/mol. The highest BCUT2D eigenvalue weighted by Gasteiger charge is 2.23. The largest absolute Gasteiger partial charge is 0.493 e. The maximum atomic E-state index is 10.7. The number of aromatic nitrogens is 2. The minimum atomic E-state index is -0.634. The molecule has 2 aromatic carbocycles. The first-order valence-electron chi connectivity index (χ1n) is 10.2. The van der Waals surface area contributed by atoms with Gasteiger partial charge in [0.2, 0.25) is 0 Å². The van der Waals surface area contributed by atoms with Crippen molar-refractivity contribution in [1.82, 2.24) is 9.55 Å². The molecule has 1 atom stereocenters. The molecule has 3 aromatic rings. The van der Waals surface area contributed by atoms with Crippen LogP contribution in [-0.4, -0.2) is 34.5 Å². The zero-order valence-corrected chi connectivity index (χ0v) is 16.4. The number of methoxy groups -OCH3 is 1. The van der Waals surface area contributed by atoms with Gasteiger partial charge in [0.15, 0.2) is 11.5 Å². The van der Waals surface area contributed by atoms with E-state index in [-0.39, 0.29) is 6.61 Å². The van der Waals surface area contributed by atoms with Crippen LogP contribution in [0.1, 0.15) is 43.8 Å². The lowest BCUT2D eigenvalue weighted by molar-refractivity contribution is 0.0907. The molecule has 0 saturated heterocycles. The monoisotopic (exact) mass is 380 g/mol. The van der Waals surface area contributed by atoms with Crippen LogP contribution in [0.2, 0.25) is 0 Å². The second kappa shape index (κ2) is 8.65. The number of aliphatic hydroxyl groups excluding tert-OH is 1. The van der Waals surface area contributed by atoms with Crippen molar-refractivity contribution in [2.75, 3.05) is 13.7 Å². The molecule has 4 rings (SSSR count). The molecule has 0 aliphatic heterocycles. The van der Waals surface area contributed by atoms with Gasteiger partial charge in [0.1, 0.15) is 18.5 Å². The van der Waals surface area contributed by atoms with E-state index in [0.717, 1.165) is 16.9 Å². The minimum Gasteiger partial charge on any atom is -0.493 e. The highest BCUT2D eigenvalue weighted by Crippen LogP contribution is 2.34. The normalized spacial score (nSPS) is 16.2. The number of nitrogens with zero attached hydrogens (tertiary/aromatic N) is 2. The molecule has 148 valence electrons. The van der Waals surface area contributed by atoms with Gasteiger partial charge >= 0.3 is 0 Å². The lowest BCUT2D eigenvalue weighted by Gasteiger charge is -2.23. The van der Waals surface area contributed by atoms with Gasteiger partial charge in [0.05, 0.1) is 24.7 Å². The summed E-state index contributed by atoms with van der Waals surface area (Å²) in [5.74, 6) is 2.90. The van der Waals surface area contributed by atoms with Gasteiger partial charge in [-0.05, 0) is 37.1 Å². The van der Waals surface area contributed by atoms with Gasteiger partial charge in [-0.3, -0.25) is 0 Å². The number of rotatable bonds is 7. The van der Waals surface area contributed by atoms with Gasteiger partial charge in [-0.25, -0.2) is 4.98 Å². The van der Waals surface area contributed by atoms with Gasteiger partial charge < -0.3 is 19.1 Å². The Labute approximate surface area is 165 Å². The topological polar surface area (TPSA) is 56.5 Å². The van der Waals surface area contributed by atoms with Crippen molar-refractivity contribution in [2.24, 2.45) is 0 Å². The number of ether oxygens (including phenoxy) is 2. The summed E-state index contributed by atoms with van der Waals surface area (Å²) in [6.45, 7) is 0.679.